The van der Waals surface area contributed by atoms with Gasteiger partial charge in [-0.2, -0.15) is 13.2 Å². The SMILES string of the molecule is FC(F)(F)c1ccc(Cl)c(Nc2cc3c4c(c2)[C@H]2CNC[C@@H]2CN4CCC3)c1. The van der Waals surface area contributed by atoms with Gasteiger partial charge in [0.2, 0.25) is 0 Å². The van der Waals surface area contributed by atoms with Crippen LogP contribution in [0.25, 0.3) is 0 Å². The van der Waals surface area contributed by atoms with E-state index >= 15 is 0 Å². The van der Waals surface area contributed by atoms with Gasteiger partial charge in [0.1, 0.15) is 0 Å². The first kappa shape index (κ1) is 18.1. The molecular weight excluding hydrogens is 387 g/mol. The third-order valence-corrected chi connectivity index (χ3v) is 6.51. The monoisotopic (exact) mass is 407 g/mol. The maximum atomic E-state index is 13.1. The Bertz CT molecular complexity index is 928. The molecule has 7 heteroatoms. The van der Waals surface area contributed by atoms with Crippen molar-refractivity contribution in [3.05, 3.63) is 52.0 Å². The highest BCUT2D eigenvalue weighted by Crippen LogP contribution is 2.46. The van der Waals surface area contributed by atoms with Gasteiger partial charge in [-0.25, -0.2) is 0 Å². The second-order valence-electron chi connectivity index (χ2n) is 7.96. The molecule has 0 spiro atoms. The number of nitrogens with zero attached hydrogens (tertiary/aromatic N) is 1. The maximum absolute atomic E-state index is 13.1. The highest BCUT2D eigenvalue weighted by molar-refractivity contribution is 6.33. The van der Waals surface area contributed by atoms with Crippen LogP contribution in [0.15, 0.2) is 30.3 Å². The first-order valence-electron chi connectivity index (χ1n) is 9.66. The molecule has 0 aromatic heterocycles. The smallest absolute Gasteiger partial charge is 0.371 e. The van der Waals surface area contributed by atoms with Crippen molar-refractivity contribution in [3.63, 3.8) is 0 Å². The molecule has 148 valence electrons. The van der Waals surface area contributed by atoms with E-state index in [0.29, 0.717) is 11.8 Å². The predicted molar refractivity (Wildman–Crippen MR) is 106 cm³/mol. The molecule has 1 saturated heterocycles. The molecule has 0 unspecified atom stereocenters. The topological polar surface area (TPSA) is 27.3 Å². The summed E-state index contributed by atoms with van der Waals surface area (Å²) in [6.07, 6.45) is -2.30. The number of benzene rings is 2. The van der Waals surface area contributed by atoms with E-state index in [4.69, 9.17) is 11.6 Å². The number of halogens is 4. The van der Waals surface area contributed by atoms with Gasteiger partial charge in [0.15, 0.2) is 0 Å². The Morgan fingerprint density at radius 3 is 2.82 bits per heavy atom. The zero-order chi connectivity index (χ0) is 19.5. The third-order valence-electron chi connectivity index (χ3n) is 6.18. The average Bonchev–Trinajstić information content (AvgIpc) is 3.11. The minimum Gasteiger partial charge on any atom is -0.371 e. The summed E-state index contributed by atoms with van der Waals surface area (Å²) in [5.41, 5.74) is 4.32. The van der Waals surface area contributed by atoms with Crippen LogP contribution in [0.3, 0.4) is 0 Å². The molecule has 0 saturated carbocycles. The molecule has 2 N–H and O–H groups in total. The molecule has 3 nitrogen and oxygen atoms in total. The first-order chi connectivity index (χ1) is 13.4. The lowest BCUT2D eigenvalue weighted by Crippen LogP contribution is -2.41. The summed E-state index contributed by atoms with van der Waals surface area (Å²) in [4.78, 5) is 2.49. The van der Waals surface area contributed by atoms with Crippen molar-refractivity contribution in [2.24, 2.45) is 5.92 Å². The van der Waals surface area contributed by atoms with Gasteiger partial charge in [0.25, 0.3) is 0 Å². The van der Waals surface area contributed by atoms with Gasteiger partial charge < -0.3 is 15.5 Å². The van der Waals surface area contributed by atoms with Crippen molar-refractivity contribution in [1.29, 1.82) is 0 Å². The molecule has 0 bridgehead atoms. The van der Waals surface area contributed by atoms with Crippen LogP contribution in [0, 0.1) is 5.92 Å². The normalized spacial score (nSPS) is 23.4. The molecule has 28 heavy (non-hydrogen) atoms. The van der Waals surface area contributed by atoms with Crippen LogP contribution in [0.5, 0.6) is 0 Å². The second kappa shape index (κ2) is 6.56. The molecule has 0 radical (unpaired) electrons. The fourth-order valence-electron chi connectivity index (χ4n) is 4.93. The summed E-state index contributed by atoms with van der Waals surface area (Å²) >= 11 is 6.19. The Hall–Kier alpha value is -1.92. The minimum atomic E-state index is -4.40. The molecule has 2 atom stereocenters. The third kappa shape index (κ3) is 3.03. The number of anilines is 3. The standard InChI is InChI=1S/C21H21ClF3N3/c22-18-4-3-14(21(23,24)25)7-19(18)27-15-6-12-2-1-5-28-11-13-9-26-10-17(13)16(8-15)20(12)28/h3-4,6-8,13,17,26-27H,1-2,5,9-11H2/t13-,17+/m1/s1. The van der Waals surface area contributed by atoms with Gasteiger partial charge in [-0.3, -0.25) is 0 Å². The Labute approximate surface area is 166 Å². The van der Waals surface area contributed by atoms with Crippen molar-refractivity contribution >= 4 is 28.7 Å². The van der Waals surface area contributed by atoms with Crippen molar-refractivity contribution in [1.82, 2.24) is 5.32 Å². The largest absolute Gasteiger partial charge is 0.416 e. The summed E-state index contributed by atoms with van der Waals surface area (Å²) < 4.78 is 39.3. The minimum absolute atomic E-state index is 0.279. The summed E-state index contributed by atoms with van der Waals surface area (Å²) in [5, 5.41) is 6.94. The van der Waals surface area contributed by atoms with Gasteiger partial charge in [0, 0.05) is 43.5 Å². The zero-order valence-corrected chi connectivity index (χ0v) is 16.0. The average molecular weight is 408 g/mol. The molecule has 2 aromatic carbocycles. The molecule has 3 aliphatic rings. The molecule has 0 aliphatic carbocycles. The number of rotatable bonds is 2. The van der Waals surface area contributed by atoms with Crippen molar-refractivity contribution in [2.75, 3.05) is 36.4 Å². The fourth-order valence-corrected chi connectivity index (χ4v) is 5.09. The van der Waals surface area contributed by atoms with E-state index in [1.807, 2.05) is 0 Å². The lowest BCUT2D eigenvalue weighted by molar-refractivity contribution is -0.137. The summed E-state index contributed by atoms with van der Waals surface area (Å²) in [6.45, 7) is 4.14. The molecule has 5 rings (SSSR count). The van der Waals surface area contributed by atoms with Crippen molar-refractivity contribution in [2.45, 2.75) is 24.9 Å². The first-order valence-corrected chi connectivity index (χ1v) is 10.0. The highest BCUT2D eigenvalue weighted by Gasteiger charge is 2.39. The van der Waals surface area contributed by atoms with Crippen LogP contribution < -0.4 is 15.5 Å². The number of alkyl halides is 3. The van der Waals surface area contributed by atoms with E-state index in [1.165, 1.54) is 22.9 Å². The summed E-state index contributed by atoms with van der Waals surface area (Å²) in [7, 11) is 0. The van der Waals surface area contributed by atoms with E-state index in [-0.39, 0.29) is 10.7 Å². The van der Waals surface area contributed by atoms with Crippen LogP contribution >= 0.6 is 11.6 Å². The second-order valence-corrected chi connectivity index (χ2v) is 8.37. The molecule has 0 amide bonds. The lowest BCUT2D eigenvalue weighted by atomic mass is 9.80. The number of fused-ring (bicyclic) bond motifs is 2. The number of hydrogen-bond acceptors (Lipinski definition) is 3. The molecule has 3 heterocycles. The van der Waals surface area contributed by atoms with Crippen LogP contribution in [0.1, 0.15) is 29.0 Å². The van der Waals surface area contributed by atoms with Crippen LogP contribution in [0.4, 0.5) is 30.2 Å². The summed E-state index contributed by atoms with van der Waals surface area (Å²) in [6, 6.07) is 7.58. The van der Waals surface area contributed by atoms with Gasteiger partial charge in [0.05, 0.1) is 16.3 Å². The fraction of sp³-hybridized carbons (Fsp3) is 0.429. The van der Waals surface area contributed by atoms with Gasteiger partial charge >= 0.3 is 6.18 Å². The van der Waals surface area contributed by atoms with E-state index in [1.54, 1.807) is 0 Å². The molecule has 1 fully saturated rings. The molecular formula is C21H21ClF3N3. The predicted octanol–water partition coefficient (Wildman–Crippen LogP) is 5.17. The summed E-state index contributed by atoms with van der Waals surface area (Å²) in [5.74, 6) is 1.05. The van der Waals surface area contributed by atoms with Gasteiger partial charge in [-0.15, -0.1) is 0 Å². The van der Waals surface area contributed by atoms with E-state index in [2.05, 4.69) is 27.7 Å². The van der Waals surface area contributed by atoms with Crippen LogP contribution in [-0.4, -0.2) is 26.2 Å². The van der Waals surface area contributed by atoms with Crippen molar-refractivity contribution < 1.29 is 13.2 Å². The van der Waals surface area contributed by atoms with Crippen LogP contribution in [-0.2, 0) is 12.6 Å². The quantitative estimate of drug-likeness (QED) is 0.719. The molecule has 3 aliphatic heterocycles. The maximum Gasteiger partial charge on any atom is 0.416 e. The number of hydrogen-bond donors (Lipinski definition) is 2. The Balaban J connectivity index is 1.55. The number of aryl methyl sites for hydroxylation is 1. The van der Waals surface area contributed by atoms with E-state index in [0.717, 1.165) is 56.8 Å². The zero-order valence-electron chi connectivity index (χ0n) is 15.2. The lowest BCUT2D eigenvalue weighted by Gasteiger charge is -2.42. The van der Waals surface area contributed by atoms with Crippen molar-refractivity contribution in [3.8, 4) is 0 Å². The van der Waals surface area contributed by atoms with Crippen LogP contribution in [0.2, 0.25) is 5.02 Å². The van der Waals surface area contributed by atoms with E-state index < -0.39 is 11.7 Å². The Kier molecular flexibility index (Phi) is 4.25. The Morgan fingerprint density at radius 2 is 2.00 bits per heavy atom. The van der Waals surface area contributed by atoms with Gasteiger partial charge in [-0.05, 0) is 60.2 Å². The number of nitrogens with one attached hydrogen (secondary N) is 2. The van der Waals surface area contributed by atoms with E-state index in [9.17, 15) is 13.2 Å². The highest BCUT2D eigenvalue weighted by atomic mass is 35.5. The Morgan fingerprint density at radius 1 is 1.14 bits per heavy atom. The molecule has 2 aromatic rings. The van der Waals surface area contributed by atoms with Gasteiger partial charge in [-0.1, -0.05) is 11.6 Å².